The van der Waals surface area contributed by atoms with E-state index >= 15 is 0 Å². The van der Waals surface area contributed by atoms with Gasteiger partial charge in [0.25, 0.3) is 0 Å². The quantitative estimate of drug-likeness (QED) is 0.703. The number of halogens is 3. The highest BCUT2D eigenvalue weighted by atomic mass is 19.4. The third-order valence-electron chi connectivity index (χ3n) is 2.41. The summed E-state index contributed by atoms with van der Waals surface area (Å²) in [6.45, 7) is 3.37. The molecule has 2 N–H and O–H groups in total. The Morgan fingerprint density at radius 1 is 1.38 bits per heavy atom. The molecule has 13 heavy (non-hydrogen) atoms. The second kappa shape index (κ2) is 4.28. The van der Waals surface area contributed by atoms with Gasteiger partial charge in [-0.25, -0.2) is 0 Å². The average molecular weight is 196 g/mol. The average Bonchev–Trinajstić information content (AvgIpc) is 2.34. The van der Waals surface area contributed by atoms with E-state index in [-0.39, 0.29) is 0 Å². The van der Waals surface area contributed by atoms with E-state index in [1.165, 1.54) is 0 Å². The summed E-state index contributed by atoms with van der Waals surface area (Å²) in [5.74, 6) is 0.808. The van der Waals surface area contributed by atoms with Crippen molar-refractivity contribution in [2.24, 2.45) is 11.8 Å². The Hall–Kier alpha value is -0.290. The highest BCUT2D eigenvalue weighted by molar-refractivity contribution is 4.79. The molecule has 0 aromatic carbocycles. The third kappa shape index (κ3) is 3.95. The molecule has 1 aliphatic rings. The first-order chi connectivity index (χ1) is 5.99. The molecular formula is C8H15F3N2. The van der Waals surface area contributed by atoms with Gasteiger partial charge >= 0.3 is 6.18 Å². The normalized spacial score (nSPS) is 29.5. The molecular weight excluding hydrogens is 181 g/mol. The monoisotopic (exact) mass is 196 g/mol. The van der Waals surface area contributed by atoms with E-state index in [0.29, 0.717) is 18.4 Å². The van der Waals surface area contributed by atoms with Crippen LogP contribution >= 0.6 is 0 Å². The number of hydrogen-bond acceptors (Lipinski definition) is 2. The Kier molecular flexibility index (Phi) is 3.55. The van der Waals surface area contributed by atoms with E-state index < -0.39 is 12.7 Å². The van der Waals surface area contributed by atoms with E-state index in [0.717, 1.165) is 13.1 Å². The predicted molar refractivity (Wildman–Crippen MR) is 44.4 cm³/mol. The predicted octanol–water partition coefficient (Wildman–Crippen LogP) is 0.994. The van der Waals surface area contributed by atoms with Gasteiger partial charge in [-0.2, -0.15) is 13.2 Å². The second-order valence-corrected chi connectivity index (χ2v) is 3.64. The molecule has 0 aromatic heterocycles. The van der Waals surface area contributed by atoms with Crippen molar-refractivity contribution in [2.45, 2.75) is 13.1 Å². The molecule has 0 spiro atoms. The number of alkyl halides is 3. The van der Waals surface area contributed by atoms with Crippen LogP contribution in [-0.4, -0.2) is 32.4 Å². The van der Waals surface area contributed by atoms with Crippen molar-refractivity contribution < 1.29 is 13.2 Å². The van der Waals surface area contributed by atoms with Gasteiger partial charge in [-0.05, 0) is 31.5 Å². The molecule has 2 unspecified atom stereocenters. The number of hydrogen-bond donors (Lipinski definition) is 2. The van der Waals surface area contributed by atoms with Gasteiger partial charge in [-0.3, -0.25) is 0 Å². The van der Waals surface area contributed by atoms with Gasteiger partial charge in [0.1, 0.15) is 0 Å². The first kappa shape index (κ1) is 10.8. The zero-order valence-corrected chi connectivity index (χ0v) is 7.62. The fourth-order valence-electron chi connectivity index (χ4n) is 1.54. The summed E-state index contributed by atoms with van der Waals surface area (Å²) in [5, 5.41) is 5.58. The number of rotatable bonds is 3. The Morgan fingerprint density at radius 2 is 2.08 bits per heavy atom. The van der Waals surface area contributed by atoms with Crippen molar-refractivity contribution >= 4 is 0 Å². The summed E-state index contributed by atoms with van der Waals surface area (Å²) in [6, 6.07) is 0. The summed E-state index contributed by atoms with van der Waals surface area (Å²) in [4.78, 5) is 0. The lowest BCUT2D eigenvalue weighted by Gasteiger charge is -2.15. The minimum absolute atomic E-state index is 0.336. The Balaban J connectivity index is 2.12. The second-order valence-electron chi connectivity index (χ2n) is 3.64. The largest absolute Gasteiger partial charge is 0.401 e. The van der Waals surface area contributed by atoms with Crippen LogP contribution in [-0.2, 0) is 0 Å². The molecule has 0 radical (unpaired) electrons. The van der Waals surface area contributed by atoms with Gasteiger partial charge in [0.15, 0.2) is 0 Å². The maximum atomic E-state index is 11.7. The Bertz CT molecular complexity index is 158. The Labute approximate surface area is 75.9 Å². The maximum absolute atomic E-state index is 11.7. The lowest BCUT2D eigenvalue weighted by molar-refractivity contribution is -0.125. The molecule has 1 saturated heterocycles. The third-order valence-corrected chi connectivity index (χ3v) is 2.41. The molecule has 0 bridgehead atoms. The van der Waals surface area contributed by atoms with Crippen LogP contribution in [0.15, 0.2) is 0 Å². The zero-order valence-electron chi connectivity index (χ0n) is 7.62. The van der Waals surface area contributed by atoms with Crippen LogP contribution in [0.1, 0.15) is 6.92 Å². The van der Waals surface area contributed by atoms with Gasteiger partial charge < -0.3 is 10.6 Å². The standard InChI is InChI=1S/C8H15F3N2/c1-6-2-12-3-7(6)4-13-5-8(9,10)11/h6-7,12-13H,2-5H2,1H3. The highest BCUT2D eigenvalue weighted by Crippen LogP contribution is 2.16. The molecule has 2 atom stereocenters. The minimum atomic E-state index is -4.09. The molecule has 5 heteroatoms. The van der Waals surface area contributed by atoms with Gasteiger partial charge in [0.05, 0.1) is 6.54 Å². The van der Waals surface area contributed by atoms with Crippen LogP contribution in [0, 0.1) is 11.8 Å². The van der Waals surface area contributed by atoms with Crippen molar-refractivity contribution in [1.82, 2.24) is 10.6 Å². The lowest BCUT2D eigenvalue weighted by atomic mass is 9.98. The molecule has 0 saturated carbocycles. The molecule has 1 fully saturated rings. The summed E-state index contributed by atoms with van der Waals surface area (Å²) in [6.07, 6.45) is -4.09. The first-order valence-electron chi connectivity index (χ1n) is 4.47. The minimum Gasteiger partial charge on any atom is -0.316 e. The van der Waals surface area contributed by atoms with Crippen LogP contribution in [0.25, 0.3) is 0 Å². The van der Waals surface area contributed by atoms with E-state index in [1.54, 1.807) is 0 Å². The summed E-state index contributed by atoms with van der Waals surface area (Å²) >= 11 is 0. The van der Waals surface area contributed by atoms with Crippen LogP contribution in [0.3, 0.4) is 0 Å². The molecule has 78 valence electrons. The van der Waals surface area contributed by atoms with Crippen LogP contribution in [0.2, 0.25) is 0 Å². The van der Waals surface area contributed by atoms with Gasteiger partial charge in [-0.1, -0.05) is 6.92 Å². The van der Waals surface area contributed by atoms with Crippen molar-refractivity contribution in [3.63, 3.8) is 0 Å². The van der Waals surface area contributed by atoms with Gasteiger partial charge in [0.2, 0.25) is 0 Å². The topological polar surface area (TPSA) is 24.1 Å². The molecule has 0 aliphatic carbocycles. The highest BCUT2D eigenvalue weighted by Gasteiger charge is 2.28. The fourth-order valence-corrected chi connectivity index (χ4v) is 1.54. The zero-order chi connectivity index (χ0) is 9.90. The van der Waals surface area contributed by atoms with Crippen molar-refractivity contribution in [1.29, 1.82) is 0 Å². The maximum Gasteiger partial charge on any atom is 0.401 e. The SMILES string of the molecule is CC1CNCC1CNCC(F)(F)F. The van der Waals surface area contributed by atoms with Crippen LogP contribution in [0.4, 0.5) is 13.2 Å². The van der Waals surface area contributed by atoms with Crippen molar-refractivity contribution in [2.75, 3.05) is 26.2 Å². The smallest absolute Gasteiger partial charge is 0.316 e. The Morgan fingerprint density at radius 3 is 2.54 bits per heavy atom. The van der Waals surface area contributed by atoms with E-state index in [4.69, 9.17) is 0 Å². The van der Waals surface area contributed by atoms with Gasteiger partial charge in [0, 0.05) is 0 Å². The molecule has 2 nitrogen and oxygen atoms in total. The van der Waals surface area contributed by atoms with Crippen LogP contribution in [0.5, 0.6) is 0 Å². The molecule has 1 rings (SSSR count). The first-order valence-corrected chi connectivity index (χ1v) is 4.47. The molecule has 0 aromatic rings. The lowest BCUT2D eigenvalue weighted by Crippen LogP contribution is -2.34. The van der Waals surface area contributed by atoms with E-state index in [9.17, 15) is 13.2 Å². The fraction of sp³-hybridized carbons (Fsp3) is 1.00. The van der Waals surface area contributed by atoms with Gasteiger partial charge in [-0.15, -0.1) is 0 Å². The summed E-state index contributed by atoms with van der Waals surface area (Å²) < 4.78 is 35.2. The summed E-state index contributed by atoms with van der Waals surface area (Å²) in [7, 11) is 0. The van der Waals surface area contributed by atoms with Crippen molar-refractivity contribution in [3.05, 3.63) is 0 Å². The number of nitrogens with one attached hydrogen (secondary N) is 2. The van der Waals surface area contributed by atoms with E-state index in [2.05, 4.69) is 17.6 Å². The molecule has 0 amide bonds. The molecule has 1 heterocycles. The van der Waals surface area contributed by atoms with E-state index in [1.807, 2.05) is 0 Å². The molecule has 1 aliphatic heterocycles. The summed E-state index contributed by atoms with van der Waals surface area (Å²) in [5.41, 5.74) is 0. The van der Waals surface area contributed by atoms with Crippen LogP contribution < -0.4 is 10.6 Å². The van der Waals surface area contributed by atoms with Crippen molar-refractivity contribution in [3.8, 4) is 0 Å².